The first-order chi connectivity index (χ1) is 12.2. The molecule has 1 unspecified atom stereocenters. The van der Waals surface area contributed by atoms with Gasteiger partial charge in [0.2, 0.25) is 5.91 Å². The number of aromatic nitrogens is 3. The van der Waals surface area contributed by atoms with Crippen molar-refractivity contribution in [2.24, 2.45) is 0 Å². The van der Waals surface area contributed by atoms with Gasteiger partial charge in [0.05, 0.1) is 12.5 Å². The molecule has 5 nitrogen and oxygen atoms in total. The first kappa shape index (κ1) is 16.6. The van der Waals surface area contributed by atoms with E-state index >= 15 is 0 Å². The molecule has 0 saturated carbocycles. The molecule has 4 rings (SSSR count). The van der Waals surface area contributed by atoms with Crippen LogP contribution in [0.5, 0.6) is 0 Å². The first-order valence-electron chi connectivity index (χ1n) is 9.18. The fraction of sp³-hybridized carbons (Fsp3) is 0.526. The summed E-state index contributed by atoms with van der Waals surface area (Å²) in [4.78, 5) is 14.9. The number of halogens is 1. The summed E-state index contributed by atoms with van der Waals surface area (Å²) in [6, 6.07) is 7.59. The number of aryl methyl sites for hydroxylation is 1. The van der Waals surface area contributed by atoms with E-state index in [1.165, 1.54) is 19.3 Å². The lowest BCUT2D eigenvalue weighted by molar-refractivity contribution is -0.131. The quantitative estimate of drug-likeness (QED) is 0.842. The molecule has 1 amide bonds. The maximum absolute atomic E-state index is 12.9. The third kappa shape index (κ3) is 3.43. The number of fused-ring (bicyclic) bond motifs is 1. The van der Waals surface area contributed by atoms with Crippen LogP contribution in [0.2, 0.25) is 5.02 Å². The zero-order valence-electron chi connectivity index (χ0n) is 14.3. The Hall–Kier alpha value is -1.88. The normalized spacial score (nSPS) is 20.4. The summed E-state index contributed by atoms with van der Waals surface area (Å²) in [5, 5.41) is 9.58. The maximum atomic E-state index is 12.9. The lowest BCUT2D eigenvalue weighted by atomic mass is 10.1. The summed E-state index contributed by atoms with van der Waals surface area (Å²) >= 11 is 5.93. The number of amides is 1. The molecule has 0 spiro atoms. The highest BCUT2D eigenvalue weighted by Gasteiger charge is 2.34. The van der Waals surface area contributed by atoms with Crippen LogP contribution in [0.3, 0.4) is 0 Å². The van der Waals surface area contributed by atoms with E-state index in [-0.39, 0.29) is 11.9 Å². The number of hydrogen-bond acceptors (Lipinski definition) is 3. The number of carbonyl (C=O) groups excluding carboxylic acids is 1. The molecular formula is C19H23ClN4O. The van der Waals surface area contributed by atoms with Gasteiger partial charge >= 0.3 is 0 Å². The number of hydrogen-bond donors (Lipinski definition) is 0. The van der Waals surface area contributed by atoms with E-state index < -0.39 is 0 Å². The highest BCUT2D eigenvalue weighted by molar-refractivity contribution is 6.30. The Bertz CT molecular complexity index is 755. The Morgan fingerprint density at radius 2 is 1.92 bits per heavy atom. The van der Waals surface area contributed by atoms with E-state index in [2.05, 4.69) is 14.8 Å². The third-order valence-corrected chi connectivity index (χ3v) is 5.53. The molecule has 1 saturated heterocycles. The van der Waals surface area contributed by atoms with Crippen molar-refractivity contribution >= 4 is 17.5 Å². The van der Waals surface area contributed by atoms with Gasteiger partial charge in [-0.15, -0.1) is 10.2 Å². The number of benzene rings is 1. The van der Waals surface area contributed by atoms with Gasteiger partial charge in [-0.05, 0) is 43.4 Å². The van der Waals surface area contributed by atoms with Gasteiger partial charge in [0, 0.05) is 24.5 Å². The summed E-state index contributed by atoms with van der Waals surface area (Å²) in [5.41, 5.74) is 1.00. The molecule has 0 aliphatic carbocycles. The molecule has 6 heteroatoms. The maximum Gasteiger partial charge on any atom is 0.227 e. The molecule has 0 radical (unpaired) electrons. The van der Waals surface area contributed by atoms with Crippen molar-refractivity contribution in [3.05, 3.63) is 46.5 Å². The van der Waals surface area contributed by atoms with Crippen molar-refractivity contribution in [1.82, 2.24) is 19.7 Å². The van der Waals surface area contributed by atoms with E-state index in [0.717, 1.165) is 49.6 Å². The van der Waals surface area contributed by atoms with Gasteiger partial charge in [-0.1, -0.05) is 30.2 Å². The third-order valence-electron chi connectivity index (χ3n) is 5.28. The lowest BCUT2D eigenvalue weighted by Crippen LogP contribution is -2.33. The average Bonchev–Trinajstić information content (AvgIpc) is 3.18. The minimum Gasteiger partial charge on any atom is -0.332 e. The molecule has 2 aliphatic rings. The second kappa shape index (κ2) is 7.16. The Morgan fingerprint density at radius 1 is 1.08 bits per heavy atom. The SMILES string of the molecule is O=C(Cc1ccc(Cl)cc1)N1CCCC1c1nnc2n1CCCCC2. The van der Waals surface area contributed by atoms with E-state index in [4.69, 9.17) is 11.6 Å². The van der Waals surface area contributed by atoms with Crippen LogP contribution in [-0.4, -0.2) is 32.1 Å². The van der Waals surface area contributed by atoms with Crippen molar-refractivity contribution in [2.75, 3.05) is 6.54 Å². The largest absolute Gasteiger partial charge is 0.332 e. The minimum absolute atomic E-state index is 0.0687. The molecule has 1 fully saturated rings. The van der Waals surface area contributed by atoms with E-state index in [1.807, 2.05) is 29.2 Å². The molecule has 1 aromatic carbocycles. The second-order valence-corrected chi connectivity index (χ2v) is 7.42. The van der Waals surface area contributed by atoms with Crippen LogP contribution in [0.4, 0.5) is 0 Å². The van der Waals surface area contributed by atoms with Crippen molar-refractivity contribution < 1.29 is 4.79 Å². The van der Waals surface area contributed by atoms with Crippen LogP contribution >= 0.6 is 11.6 Å². The van der Waals surface area contributed by atoms with Gasteiger partial charge < -0.3 is 9.47 Å². The van der Waals surface area contributed by atoms with Crippen LogP contribution in [0.25, 0.3) is 0 Å². The highest BCUT2D eigenvalue weighted by Crippen LogP contribution is 2.32. The Labute approximate surface area is 153 Å². The zero-order chi connectivity index (χ0) is 17.2. The predicted octanol–water partition coefficient (Wildman–Crippen LogP) is 3.56. The Balaban J connectivity index is 1.53. The monoisotopic (exact) mass is 358 g/mol. The van der Waals surface area contributed by atoms with E-state index in [9.17, 15) is 4.79 Å². The molecule has 25 heavy (non-hydrogen) atoms. The summed E-state index contributed by atoms with van der Waals surface area (Å²) in [5.74, 6) is 2.24. The molecule has 1 aromatic heterocycles. The van der Waals surface area contributed by atoms with Crippen molar-refractivity contribution in [3.63, 3.8) is 0 Å². The molecule has 2 aliphatic heterocycles. The van der Waals surface area contributed by atoms with Gasteiger partial charge in [0.15, 0.2) is 5.82 Å². The van der Waals surface area contributed by atoms with Crippen LogP contribution in [-0.2, 0) is 24.2 Å². The van der Waals surface area contributed by atoms with Crippen molar-refractivity contribution in [3.8, 4) is 0 Å². The first-order valence-corrected chi connectivity index (χ1v) is 9.56. The number of rotatable bonds is 3. The Morgan fingerprint density at radius 3 is 2.76 bits per heavy atom. The van der Waals surface area contributed by atoms with Crippen LogP contribution < -0.4 is 0 Å². The fourth-order valence-electron chi connectivity index (χ4n) is 3.97. The fourth-order valence-corrected chi connectivity index (χ4v) is 4.09. The van der Waals surface area contributed by atoms with Crippen LogP contribution in [0, 0.1) is 0 Å². The molecule has 2 aromatic rings. The van der Waals surface area contributed by atoms with E-state index in [1.54, 1.807) is 0 Å². The lowest BCUT2D eigenvalue weighted by Gasteiger charge is -2.25. The van der Waals surface area contributed by atoms with E-state index in [0.29, 0.717) is 11.4 Å². The molecule has 1 atom stereocenters. The smallest absolute Gasteiger partial charge is 0.227 e. The van der Waals surface area contributed by atoms with Gasteiger partial charge in [-0.3, -0.25) is 4.79 Å². The minimum atomic E-state index is 0.0687. The summed E-state index contributed by atoms with van der Waals surface area (Å²) < 4.78 is 2.27. The second-order valence-electron chi connectivity index (χ2n) is 6.99. The van der Waals surface area contributed by atoms with Gasteiger partial charge in [0.1, 0.15) is 5.82 Å². The topological polar surface area (TPSA) is 51.0 Å². The predicted molar refractivity (Wildman–Crippen MR) is 96.4 cm³/mol. The summed E-state index contributed by atoms with van der Waals surface area (Å²) in [6.07, 6.45) is 7.01. The number of likely N-dealkylation sites (tertiary alicyclic amines) is 1. The van der Waals surface area contributed by atoms with Gasteiger partial charge in [-0.2, -0.15) is 0 Å². The van der Waals surface area contributed by atoms with Gasteiger partial charge in [0.25, 0.3) is 0 Å². The Kier molecular flexibility index (Phi) is 4.75. The zero-order valence-corrected chi connectivity index (χ0v) is 15.1. The highest BCUT2D eigenvalue weighted by atomic mass is 35.5. The summed E-state index contributed by atoms with van der Waals surface area (Å²) in [7, 11) is 0. The van der Waals surface area contributed by atoms with Crippen molar-refractivity contribution in [1.29, 1.82) is 0 Å². The standard InChI is InChI=1S/C19H23ClN4O/c20-15-9-7-14(8-10-15)13-18(25)23-12-4-5-16(23)19-22-21-17-6-2-1-3-11-24(17)19/h7-10,16H,1-6,11-13H2. The molecule has 3 heterocycles. The molecule has 132 valence electrons. The molecule has 0 N–H and O–H groups in total. The van der Waals surface area contributed by atoms with Crippen molar-refractivity contribution in [2.45, 2.75) is 57.5 Å². The van der Waals surface area contributed by atoms with Crippen LogP contribution in [0.15, 0.2) is 24.3 Å². The number of carbonyl (C=O) groups is 1. The van der Waals surface area contributed by atoms with Gasteiger partial charge in [-0.25, -0.2) is 0 Å². The van der Waals surface area contributed by atoms with Crippen LogP contribution in [0.1, 0.15) is 55.4 Å². The average molecular weight is 359 g/mol. The summed E-state index contributed by atoms with van der Waals surface area (Å²) in [6.45, 7) is 1.78. The molecular weight excluding hydrogens is 336 g/mol. The molecule has 0 bridgehead atoms. The number of nitrogens with zero attached hydrogens (tertiary/aromatic N) is 4.